The lowest BCUT2D eigenvalue weighted by Gasteiger charge is -2.58. The van der Waals surface area contributed by atoms with E-state index >= 15 is 0 Å². The number of fused-ring (bicyclic) bond motifs is 5. The van der Waals surface area contributed by atoms with E-state index in [1.807, 2.05) is 0 Å². The molecule has 0 saturated heterocycles. The zero-order chi connectivity index (χ0) is 23.8. The third-order valence-electron chi connectivity index (χ3n) is 10.9. The maximum atomic E-state index is 10.8. The molecular weight excluding hydrogens is 408 g/mol. The van der Waals surface area contributed by atoms with Crippen LogP contribution in [0.15, 0.2) is 11.6 Å². The number of allylic oxidation sites excluding steroid dienone is 1. The second kappa shape index (κ2) is 10.0. The topological polar surface area (TPSA) is 46.5 Å². The van der Waals surface area contributed by atoms with Gasteiger partial charge in [0, 0.05) is 0 Å². The van der Waals surface area contributed by atoms with Crippen molar-refractivity contribution in [1.82, 2.24) is 0 Å². The molecule has 8 atom stereocenters. The predicted molar refractivity (Wildman–Crippen MR) is 135 cm³/mol. The van der Waals surface area contributed by atoms with Crippen LogP contribution in [-0.2, 0) is 9.53 Å². The van der Waals surface area contributed by atoms with E-state index < -0.39 is 5.97 Å². The molecule has 3 fully saturated rings. The van der Waals surface area contributed by atoms with Crippen LogP contribution in [0, 0.1) is 46.3 Å². The Morgan fingerprint density at radius 3 is 2.61 bits per heavy atom. The van der Waals surface area contributed by atoms with Crippen molar-refractivity contribution in [3.63, 3.8) is 0 Å². The summed E-state index contributed by atoms with van der Waals surface area (Å²) < 4.78 is 5.97. The normalized spacial score (nSPS) is 41.2. The monoisotopic (exact) mass is 458 g/mol. The number of hydrogen-bond donors (Lipinski definition) is 1. The van der Waals surface area contributed by atoms with Crippen molar-refractivity contribution >= 4 is 5.97 Å². The summed E-state index contributed by atoms with van der Waals surface area (Å²) in [6.45, 7) is 12.9. The highest BCUT2D eigenvalue weighted by Crippen LogP contribution is 2.67. The van der Waals surface area contributed by atoms with Gasteiger partial charge >= 0.3 is 5.97 Å². The number of rotatable bonds is 9. The molecule has 0 radical (unpaired) electrons. The number of ether oxygens (including phenoxy) is 1. The molecule has 3 nitrogen and oxygen atoms in total. The second-order valence-electron chi connectivity index (χ2n) is 13.2. The van der Waals surface area contributed by atoms with E-state index in [0.29, 0.717) is 17.4 Å². The number of carboxylic acid groups (broad SMARTS) is 1. The van der Waals surface area contributed by atoms with Crippen molar-refractivity contribution in [2.45, 2.75) is 118 Å². The van der Waals surface area contributed by atoms with Crippen LogP contribution in [0.2, 0.25) is 0 Å². The lowest BCUT2D eigenvalue weighted by Crippen LogP contribution is -2.51. The van der Waals surface area contributed by atoms with Gasteiger partial charge in [0.25, 0.3) is 0 Å². The summed E-state index contributed by atoms with van der Waals surface area (Å²) in [6.07, 6.45) is 17.5. The molecule has 3 saturated carbocycles. The molecule has 0 spiro atoms. The van der Waals surface area contributed by atoms with E-state index in [2.05, 4.69) is 40.7 Å². The zero-order valence-electron chi connectivity index (χ0n) is 22.1. The van der Waals surface area contributed by atoms with Gasteiger partial charge in [0.1, 0.15) is 0 Å². The molecule has 0 heterocycles. The van der Waals surface area contributed by atoms with Crippen LogP contribution in [0.25, 0.3) is 0 Å². The summed E-state index contributed by atoms with van der Waals surface area (Å²) >= 11 is 0. The highest BCUT2D eigenvalue weighted by molar-refractivity contribution is 5.66. The van der Waals surface area contributed by atoms with Gasteiger partial charge < -0.3 is 9.84 Å². The lowest BCUT2D eigenvalue weighted by atomic mass is 9.47. The Labute approximate surface area is 203 Å². The molecule has 0 aromatic rings. The van der Waals surface area contributed by atoms with Gasteiger partial charge in [0.15, 0.2) is 0 Å². The van der Waals surface area contributed by atoms with Crippen LogP contribution in [0.1, 0.15) is 112 Å². The standard InChI is InChI=1S/C30H50O3/c1-20(2)7-6-8-21(3)25-11-12-26-24-10-9-22-19-23(33-18-15-28(31)32)13-16-29(22,4)27(24)14-17-30(25,26)5/h9,20-21,23-27H,6-8,10-19H2,1-5H3,(H,31,32)/t21-,23+,24+,25-,26+,27?,29+,30-/m1/s1. The van der Waals surface area contributed by atoms with Crippen LogP contribution < -0.4 is 0 Å². The summed E-state index contributed by atoms with van der Waals surface area (Å²) in [5.74, 6) is 4.49. The average Bonchev–Trinajstić information content (AvgIpc) is 3.10. The van der Waals surface area contributed by atoms with Crippen molar-refractivity contribution in [3.05, 3.63) is 11.6 Å². The number of carbonyl (C=O) groups is 1. The van der Waals surface area contributed by atoms with Crippen LogP contribution >= 0.6 is 0 Å². The summed E-state index contributed by atoms with van der Waals surface area (Å²) in [6, 6.07) is 0. The quantitative estimate of drug-likeness (QED) is 0.357. The van der Waals surface area contributed by atoms with Crippen molar-refractivity contribution < 1.29 is 14.6 Å². The molecule has 1 unspecified atom stereocenters. The Kier molecular flexibility index (Phi) is 7.68. The molecule has 0 aliphatic heterocycles. The smallest absolute Gasteiger partial charge is 0.305 e. The molecule has 3 heteroatoms. The fraction of sp³-hybridized carbons (Fsp3) is 0.900. The molecule has 33 heavy (non-hydrogen) atoms. The van der Waals surface area contributed by atoms with Crippen LogP contribution in [0.3, 0.4) is 0 Å². The van der Waals surface area contributed by atoms with E-state index in [-0.39, 0.29) is 12.5 Å². The van der Waals surface area contributed by atoms with E-state index in [1.54, 1.807) is 5.57 Å². The van der Waals surface area contributed by atoms with Gasteiger partial charge in [-0.15, -0.1) is 0 Å². The highest BCUT2D eigenvalue weighted by atomic mass is 16.5. The Morgan fingerprint density at radius 1 is 1.09 bits per heavy atom. The number of aliphatic carboxylic acids is 1. The minimum absolute atomic E-state index is 0.120. The van der Waals surface area contributed by atoms with Gasteiger partial charge in [-0.05, 0) is 97.7 Å². The van der Waals surface area contributed by atoms with Crippen molar-refractivity contribution in [3.8, 4) is 0 Å². The average molecular weight is 459 g/mol. The van der Waals surface area contributed by atoms with E-state index in [0.717, 1.165) is 48.3 Å². The minimum Gasteiger partial charge on any atom is -0.481 e. The first kappa shape index (κ1) is 25.3. The van der Waals surface area contributed by atoms with Crippen LogP contribution in [0.5, 0.6) is 0 Å². The Balaban J connectivity index is 1.41. The summed E-state index contributed by atoms with van der Waals surface area (Å²) in [4.78, 5) is 10.8. The van der Waals surface area contributed by atoms with Crippen LogP contribution in [0.4, 0.5) is 0 Å². The molecule has 0 aromatic heterocycles. The summed E-state index contributed by atoms with van der Waals surface area (Å²) in [7, 11) is 0. The molecule has 4 aliphatic rings. The molecule has 4 aliphatic carbocycles. The van der Waals surface area contributed by atoms with Crippen molar-refractivity contribution in [2.75, 3.05) is 6.61 Å². The second-order valence-corrected chi connectivity index (χ2v) is 13.2. The van der Waals surface area contributed by atoms with Gasteiger partial charge in [-0.1, -0.05) is 65.5 Å². The molecule has 0 aromatic carbocycles. The third kappa shape index (κ3) is 4.95. The first-order valence-corrected chi connectivity index (χ1v) is 14.2. The zero-order valence-corrected chi connectivity index (χ0v) is 22.1. The fourth-order valence-corrected chi connectivity index (χ4v) is 9.11. The van der Waals surface area contributed by atoms with Gasteiger partial charge in [0.2, 0.25) is 0 Å². The summed E-state index contributed by atoms with van der Waals surface area (Å²) in [5.41, 5.74) is 2.53. The van der Waals surface area contributed by atoms with Crippen LogP contribution in [-0.4, -0.2) is 23.8 Å². The largest absolute Gasteiger partial charge is 0.481 e. The third-order valence-corrected chi connectivity index (χ3v) is 10.9. The number of carboxylic acids is 1. The van der Waals surface area contributed by atoms with Gasteiger partial charge in [-0.25, -0.2) is 0 Å². The highest BCUT2D eigenvalue weighted by Gasteiger charge is 2.59. The lowest BCUT2D eigenvalue weighted by molar-refractivity contribution is -0.139. The van der Waals surface area contributed by atoms with E-state index in [1.165, 1.54) is 57.8 Å². The number of hydrogen-bond acceptors (Lipinski definition) is 2. The van der Waals surface area contributed by atoms with Crippen molar-refractivity contribution in [2.24, 2.45) is 46.3 Å². The molecule has 0 bridgehead atoms. The molecule has 4 rings (SSSR count). The van der Waals surface area contributed by atoms with E-state index in [4.69, 9.17) is 9.84 Å². The van der Waals surface area contributed by atoms with Gasteiger partial charge in [-0.2, -0.15) is 0 Å². The summed E-state index contributed by atoms with van der Waals surface area (Å²) in [5, 5.41) is 8.92. The van der Waals surface area contributed by atoms with Crippen molar-refractivity contribution in [1.29, 1.82) is 0 Å². The molecule has 0 amide bonds. The maximum Gasteiger partial charge on any atom is 0.305 e. The Bertz CT molecular complexity index is 726. The first-order chi connectivity index (χ1) is 15.6. The predicted octanol–water partition coefficient (Wildman–Crippen LogP) is 7.89. The van der Waals surface area contributed by atoms with E-state index in [9.17, 15) is 4.79 Å². The maximum absolute atomic E-state index is 10.8. The van der Waals surface area contributed by atoms with Gasteiger partial charge in [-0.3, -0.25) is 4.79 Å². The fourth-order valence-electron chi connectivity index (χ4n) is 9.11. The SMILES string of the molecule is CC(C)CCC[C@@H](C)[C@H]1CC[C@H]2[C@@H]3CC=C4C[C@@H](OCCC(=O)O)CC[C@]4(C)C3CC[C@]12C. The Hall–Kier alpha value is -0.830. The minimum atomic E-state index is -0.760. The Morgan fingerprint density at radius 2 is 1.88 bits per heavy atom. The first-order valence-electron chi connectivity index (χ1n) is 14.2. The molecule has 1 N–H and O–H groups in total. The van der Waals surface area contributed by atoms with Gasteiger partial charge in [0.05, 0.1) is 19.1 Å². The molecule has 188 valence electrons. The molecular formula is C30H50O3.